The molecule has 2 rings (SSSR count). The number of amides is 1. The van der Waals surface area contributed by atoms with Crippen LogP contribution in [0.1, 0.15) is 26.5 Å². The molecule has 0 unspecified atom stereocenters. The average Bonchev–Trinajstić information content (AvgIpc) is 2.92. The summed E-state index contributed by atoms with van der Waals surface area (Å²) in [6.07, 6.45) is 1.16. The van der Waals surface area contributed by atoms with Crippen molar-refractivity contribution in [3.05, 3.63) is 46.0 Å². The van der Waals surface area contributed by atoms with Gasteiger partial charge in [-0.2, -0.15) is 0 Å². The Morgan fingerprint density at radius 1 is 1.48 bits per heavy atom. The molecule has 0 fully saturated rings. The van der Waals surface area contributed by atoms with E-state index < -0.39 is 11.9 Å². The van der Waals surface area contributed by atoms with Gasteiger partial charge in [0.2, 0.25) is 0 Å². The molecule has 1 amide bonds. The summed E-state index contributed by atoms with van der Waals surface area (Å²) < 4.78 is 5.87. The molecule has 21 heavy (non-hydrogen) atoms. The molecule has 0 radical (unpaired) electrons. The number of nitrogens with zero attached hydrogens (tertiary/aromatic N) is 1. The number of benzene rings is 1. The highest BCUT2D eigenvalue weighted by Crippen LogP contribution is 2.26. The second-order valence-corrected chi connectivity index (χ2v) is 4.94. The number of imidazole rings is 1. The van der Waals surface area contributed by atoms with Gasteiger partial charge < -0.3 is 20.1 Å². The number of carbonyl (C=O) groups excluding carboxylic acids is 1. The van der Waals surface area contributed by atoms with Gasteiger partial charge in [-0.15, -0.1) is 0 Å². The number of aromatic amines is 1. The van der Waals surface area contributed by atoms with E-state index in [1.54, 1.807) is 19.2 Å². The Bertz CT molecular complexity index is 684. The summed E-state index contributed by atoms with van der Waals surface area (Å²) in [4.78, 5) is 29.3. The Hall–Kier alpha value is -2.19. The number of carboxylic acid groups (broad SMARTS) is 1. The second kappa shape index (κ2) is 6.51. The summed E-state index contributed by atoms with van der Waals surface area (Å²) in [5.74, 6) is -1.85. The van der Waals surface area contributed by atoms with E-state index >= 15 is 0 Å². The van der Waals surface area contributed by atoms with Crippen molar-refractivity contribution in [1.29, 1.82) is 0 Å². The van der Waals surface area contributed by atoms with Crippen molar-refractivity contribution in [1.82, 2.24) is 9.97 Å². The minimum Gasteiger partial charge on any atom is -0.477 e. The maximum atomic E-state index is 12.2. The van der Waals surface area contributed by atoms with Crippen molar-refractivity contribution >= 4 is 33.5 Å². The highest BCUT2D eigenvalue weighted by Gasteiger charge is 2.20. The number of aromatic nitrogens is 2. The second-order valence-electron chi connectivity index (χ2n) is 4.08. The Morgan fingerprint density at radius 3 is 2.90 bits per heavy atom. The first-order valence-electron chi connectivity index (χ1n) is 5.89. The van der Waals surface area contributed by atoms with Crippen molar-refractivity contribution in [2.24, 2.45) is 0 Å². The van der Waals surface area contributed by atoms with E-state index in [0.717, 1.165) is 16.4 Å². The van der Waals surface area contributed by atoms with E-state index in [1.807, 2.05) is 6.07 Å². The van der Waals surface area contributed by atoms with E-state index in [4.69, 9.17) is 9.84 Å². The lowest BCUT2D eigenvalue weighted by atomic mass is 10.2. The van der Waals surface area contributed by atoms with Gasteiger partial charge in [0.05, 0.1) is 12.9 Å². The van der Waals surface area contributed by atoms with E-state index in [1.165, 1.54) is 0 Å². The number of H-pyrrole nitrogens is 1. The molecule has 8 heteroatoms. The third-order valence-electron chi connectivity index (χ3n) is 2.72. The number of hydrogen-bond donors (Lipinski definition) is 3. The summed E-state index contributed by atoms with van der Waals surface area (Å²) in [5.41, 5.74) is 0.845. The summed E-state index contributed by atoms with van der Waals surface area (Å²) in [7, 11) is 1.54. The number of carbonyl (C=O) groups is 2. The summed E-state index contributed by atoms with van der Waals surface area (Å²) in [5, 5.41) is 11.6. The maximum absolute atomic E-state index is 12.2. The predicted octanol–water partition coefficient (Wildman–Crippen LogP) is 2.27. The first-order chi connectivity index (χ1) is 10.0. The average molecular weight is 354 g/mol. The van der Waals surface area contributed by atoms with Crippen LogP contribution in [0.15, 0.2) is 29.0 Å². The number of ether oxygens (including phenoxy) is 1. The van der Waals surface area contributed by atoms with Crippen molar-refractivity contribution in [3.8, 4) is 0 Å². The lowest BCUT2D eigenvalue weighted by Gasteiger charge is -2.11. The number of rotatable bonds is 5. The van der Waals surface area contributed by atoms with Gasteiger partial charge >= 0.3 is 5.97 Å². The van der Waals surface area contributed by atoms with Crippen molar-refractivity contribution in [2.75, 3.05) is 12.4 Å². The minimum atomic E-state index is -1.25. The molecule has 0 spiro atoms. The fourth-order valence-corrected chi connectivity index (χ4v) is 2.26. The minimum absolute atomic E-state index is 0.175. The first-order valence-corrected chi connectivity index (χ1v) is 6.68. The number of hydrogen-bond acceptors (Lipinski definition) is 4. The molecule has 110 valence electrons. The van der Waals surface area contributed by atoms with Gasteiger partial charge in [-0.25, -0.2) is 9.78 Å². The van der Waals surface area contributed by atoms with Gasteiger partial charge in [-0.1, -0.05) is 22.0 Å². The normalized spacial score (nSPS) is 10.4. The van der Waals surface area contributed by atoms with Gasteiger partial charge in [-0.3, -0.25) is 4.79 Å². The molecule has 0 aliphatic carbocycles. The topological polar surface area (TPSA) is 104 Å². The molecule has 0 atom stereocenters. The Labute approximate surface area is 128 Å². The molecule has 3 N–H and O–H groups in total. The number of anilines is 1. The smallest absolute Gasteiger partial charge is 0.354 e. The van der Waals surface area contributed by atoms with Crippen LogP contribution in [-0.4, -0.2) is 34.1 Å². The maximum Gasteiger partial charge on any atom is 0.354 e. The zero-order chi connectivity index (χ0) is 15.4. The molecular formula is C13H12BrN3O4. The van der Waals surface area contributed by atoms with Crippen molar-refractivity contribution in [3.63, 3.8) is 0 Å². The fourth-order valence-electron chi connectivity index (χ4n) is 1.78. The molecule has 2 aromatic rings. The third-order valence-corrected chi connectivity index (χ3v) is 3.47. The van der Waals surface area contributed by atoms with Gasteiger partial charge in [0.1, 0.15) is 0 Å². The van der Waals surface area contributed by atoms with Gasteiger partial charge in [0.15, 0.2) is 11.4 Å². The van der Waals surface area contributed by atoms with E-state index in [2.05, 4.69) is 31.2 Å². The molecule has 0 saturated carbocycles. The number of nitrogens with one attached hydrogen (secondary N) is 2. The number of methoxy groups -OCH3 is 1. The summed E-state index contributed by atoms with van der Waals surface area (Å²) in [6.45, 7) is 0.295. The number of carboxylic acids is 1. The molecule has 1 aromatic heterocycles. The first kappa shape index (κ1) is 15.2. The molecule has 0 bridgehead atoms. The Balaban J connectivity index is 2.30. The summed E-state index contributed by atoms with van der Waals surface area (Å²) in [6, 6.07) is 5.27. The highest BCUT2D eigenvalue weighted by atomic mass is 79.9. The zero-order valence-corrected chi connectivity index (χ0v) is 12.6. The SMILES string of the molecule is COCc1c(Br)cccc1NC(=O)c1nc[nH]c1C(=O)O. The van der Waals surface area contributed by atoms with Gasteiger partial charge in [-0.05, 0) is 12.1 Å². The van der Waals surface area contributed by atoms with Crippen molar-refractivity contribution in [2.45, 2.75) is 6.61 Å². The zero-order valence-electron chi connectivity index (χ0n) is 11.0. The molecule has 0 aliphatic heterocycles. The van der Waals surface area contributed by atoms with E-state index in [0.29, 0.717) is 12.3 Å². The standard InChI is InChI=1S/C13H12BrN3O4/c1-21-5-7-8(14)3-2-4-9(7)17-12(18)10-11(13(19)20)16-6-15-10/h2-4,6H,5H2,1H3,(H,15,16)(H,17,18)(H,19,20). The largest absolute Gasteiger partial charge is 0.477 e. The third kappa shape index (κ3) is 3.29. The van der Waals surface area contributed by atoms with Gasteiger partial charge in [0.25, 0.3) is 5.91 Å². The van der Waals surface area contributed by atoms with Crippen LogP contribution in [0.2, 0.25) is 0 Å². The summed E-state index contributed by atoms with van der Waals surface area (Å²) >= 11 is 3.38. The van der Waals surface area contributed by atoms with Crippen LogP contribution in [0.4, 0.5) is 5.69 Å². The van der Waals surface area contributed by atoms with Crippen LogP contribution in [0.5, 0.6) is 0 Å². The number of halogens is 1. The van der Waals surface area contributed by atoms with Crippen LogP contribution >= 0.6 is 15.9 Å². The highest BCUT2D eigenvalue weighted by molar-refractivity contribution is 9.10. The molecule has 0 aliphatic rings. The van der Waals surface area contributed by atoms with Crippen LogP contribution < -0.4 is 5.32 Å². The van der Waals surface area contributed by atoms with Crippen molar-refractivity contribution < 1.29 is 19.4 Å². The van der Waals surface area contributed by atoms with Crippen LogP contribution in [0, 0.1) is 0 Å². The molecule has 1 heterocycles. The fraction of sp³-hybridized carbons (Fsp3) is 0.154. The lowest BCUT2D eigenvalue weighted by Crippen LogP contribution is -2.17. The van der Waals surface area contributed by atoms with Crippen LogP contribution in [-0.2, 0) is 11.3 Å². The number of aromatic carboxylic acids is 1. The van der Waals surface area contributed by atoms with E-state index in [9.17, 15) is 9.59 Å². The Morgan fingerprint density at radius 2 is 2.24 bits per heavy atom. The predicted molar refractivity (Wildman–Crippen MR) is 78.4 cm³/mol. The lowest BCUT2D eigenvalue weighted by molar-refractivity contribution is 0.0686. The Kier molecular flexibility index (Phi) is 4.71. The molecule has 0 saturated heterocycles. The monoisotopic (exact) mass is 353 g/mol. The van der Waals surface area contributed by atoms with Crippen LogP contribution in [0.3, 0.4) is 0 Å². The van der Waals surface area contributed by atoms with Gasteiger partial charge in [0, 0.05) is 22.8 Å². The van der Waals surface area contributed by atoms with Crippen LogP contribution in [0.25, 0.3) is 0 Å². The molecule has 1 aromatic carbocycles. The quantitative estimate of drug-likeness (QED) is 0.764. The van der Waals surface area contributed by atoms with E-state index in [-0.39, 0.29) is 11.4 Å². The molecule has 7 nitrogen and oxygen atoms in total. The molecular weight excluding hydrogens is 342 g/mol.